The smallest absolute Gasteiger partial charge is 0.255 e. The highest BCUT2D eigenvalue weighted by atomic mass is 35.5. The van der Waals surface area contributed by atoms with Crippen LogP contribution in [0.3, 0.4) is 0 Å². The van der Waals surface area contributed by atoms with Gasteiger partial charge in [-0.2, -0.15) is 0 Å². The molecule has 2 aromatic carbocycles. The van der Waals surface area contributed by atoms with Gasteiger partial charge in [0, 0.05) is 27.4 Å². The summed E-state index contributed by atoms with van der Waals surface area (Å²) in [7, 11) is 0. The zero-order chi connectivity index (χ0) is 17.9. The van der Waals surface area contributed by atoms with E-state index in [1.807, 2.05) is 27.7 Å². The van der Waals surface area contributed by atoms with Gasteiger partial charge in [0.25, 0.3) is 5.91 Å². The molecule has 0 aliphatic carbocycles. The number of anilines is 2. The van der Waals surface area contributed by atoms with Crippen molar-refractivity contribution in [2.75, 3.05) is 10.6 Å². The molecule has 0 spiro atoms. The van der Waals surface area contributed by atoms with Gasteiger partial charge in [-0.25, -0.2) is 0 Å². The quantitative estimate of drug-likeness (QED) is 0.833. The molecule has 0 aliphatic heterocycles. The minimum absolute atomic E-state index is 0.106. The molecule has 0 bridgehead atoms. The molecule has 0 radical (unpaired) electrons. The Balaban J connectivity index is 2.17. The first kappa shape index (κ1) is 18.0. The fourth-order valence-corrected chi connectivity index (χ4v) is 2.17. The maximum Gasteiger partial charge on any atom is 0.255 e. The zero-order valence-electron chi connectivity index (χ0n) is 14.2. The van der Waals surface area contributed by atoms with Crippen molar-refractivity contribution >= 4 is 34.8 Å². The number of hydrogen-bond acceptors (Lipinski definition) is 2. The maximum atomic E-state index is 12.4. The van der Waals surface area contributed by atoms with Crippen LogP contribution in [0, 0.1) is 12.3 Å². The number of carbonyl (C=O) groups is 2. The molecule has 0 heterocycles. The molecule has 2 rings (SSSR count). The fraction of sp³-hybridized carbons (Fsp3) is 0.263. The first-order valence-corrected chi connectivity index (χ1v) is 8.04. The van der Waals surface area contributed by atoms with Gasteiger partial charge in [0.1, 0.15) is 0 Å². The summed E-state index contributed by atoms with van der Waals surface area (Å²) >= 11 is 6.07. The highest BCUT2D eigenvalue weighted by Crippen LogP contribution is 2.24. The number of carbonyl (C=O) groups excluding carboxylic acids is 2. The van der Waals surface area contributed by atoms with E-state index >= 15 is 0 Å². The molecular weight excluding hydrogens is 324 g/mol. The summed E-state index contributed by atoms with van der Waals surface area (Å²) in [6.07, 6.45) is 0. The molecule has 0 fully saturated rings. The van der Waals surface area contributed by atoms with Gasteiger partial charge in [-0.1, -0.05) is 44.5 Å². The van der Waals surface area contributed by atoms with E-state index in [-0.39, 0.29) is 11.8 Å². The summed E-state index contributed by atoms with van der Waals surface area (Å²) in [6, 6.07) is 12.2. The fourth-order valence-electron chi connectivity index (χ4n) is 1.99. The van der Waals surface area contributed by atoms with Crippen molar-refractivity contribution in [2.45, 2.75) is 27.7 Å². The average molecular weight is 345 g/mol. The molecule has 126 valence electrons. The lowest BCUT2D eigenvalue weighted by Gasteiger charge is -2.18. The van der Waals surface area contributed by atoms with Crippen molar-refractivity contribution in [3.63, 3.8) is 0 Å². The lowest BCUT2D eigenvalue weighted by Crippen LogP contribution is -2.27. The minimum Gasteiger partial charge on any atom is -0.326 e. The highest BCUT2D eigenvalue weighted by Gasteiger charge is 2.21. The van der Waals surface area contributed by atoms with Crippen LogP contribution in [0.5, 0.6) is 0 Å². The first-order valence-electron chi connectivity index (χ1n) is 7.66. The largest absolute Gasteiger partial charge is 0.326 e. The number of rotatable bonds is 3. The van der Waals surface area contributed by atoms with Crippen molar-refractivity contribution < 1.29 is 9.59 Å². The topological polar surface area (TPSA) is 58.2 Å². The molecule has 2 amide bonds. The van der Waals surface area contributed by atoms with E-state index in [0.29, 0.717) is 22.0 Å². The van der Waals surface area contributed by atoms with Gasteiger partial charge in [0.05, 0.1) is 0 Å². The van der Waals surface area contributed by atoms with Gasteiger partial charge in [-0.05, 0) is 42.8 Å². The third-order valence-corrected chi connectivity index (χ3v) is 3.99. The van der Waals surface area contributed by atoms with E-state index < -0.39 is 5.41 Å². The van der Waals surface area contributed by atoms with Crippen LogP contribution in [-0.2, 0) is 4.79 Å². The first-order chi connectivity index (χ1) is 11.2. The number of halogens is 1. The van der Waals surface area contributed by atoms with Gasteiger partial charge >= 0.3 is 0 Å². The molecular formula is C19H21ClN2O2. The van der Waals surface area contributed by atoms with Crippen LogP contribution in [0.15, 0.2) is 42.5 Å². The average Bonchev–Trinajstić information content (AvgIpc) is 2.51. The van der Waals surface area contributed by atoms with Crippen LogP contribution in [0.1, 0.15) is 36.7 Å². The van der Waals surface area contributed by atoms with Gasteiger partial charge in [0.15, 0.2) is 0 Å². The number of amides is 2. The van der Waals surface area contributed by atoms with Crippen molar-refractivity contribution in [3.05, 3.63) is 58.6 Å². The van der Waals surface area contributed by atoms with E-state index in [2.05, 4.69) is 10.6 Å². The summed E-state index contributed by atoms with van der Waals surface area (Å²) < 4.78 is 0. The van der Waals surface area contributed by atoms with E-state index in [0.717, 1.165) is 5.56 Å². The van der Waals surface area contributed by atoms with Crippen LogP contribution in [0.25, 0.3) is 0 Å². The Kier molecular flexibility index (Phi) is 5.30. The molecule has 0 unspecified atom stereocenters. The molecule has 0 saturated carbocycles. The Hall–Kier alpha value is -2.33. The Morgan fingerprint density at radius 2 is 1.67 bits per heavy atom. The monoisotopic (exact) mass is 344 g/mol. The van der Waals surface area contributed by atoms with E-state index in [1.165, 1.54) is 0 Å². The van der Waals surface area contributed by atoms with Gasteiger partial charge < -0.3 is 10.6 Å². The number of hydrogen-bond donors (Lipinski definition) is 2. The van der Waals surface area contributed by atoms with Crippen molar-refractivity contribution in [1.29, 1.82) is 0 Å². The van der Waals surface area contributed by atoms with Gasteiger partial charge in [0.2, 0.25) is 5.91 Å². The summed E-state index contributed by atoms with van der Waals surface area (Å²) in [5.41, 5.74) is 2.02. The molecule has 2 aromatic rings. The Morgan fingerprint density at radius 3 is 2.33 bits per heavy atom. The van der Waals surface area contributed by atoms with Crippen LogP contribution in [-0.4, -0.2) is 11.8 Å². The third-order valence-electron chi connectivity index (χ3n) is 3.58. The second-order valence-electron chi connectivity index (χ2n) is 6.65. The minimum atomic E-state index is -0.504. The van der Waals surface area contributed by atoms with Crippen LogP contribution in [0.4, 0.5) is 11.4 Å². The number of nitrogens with one attached hydrogen (secondary N) is 2. The van der Waals surface area contributed by atoms with Gasteiger partial charge in [-0.15, -0.1) is 0 Å². The van der Waals surface area contributed by atoms with Crippen LogP contribution in [0.2, 0.25) is 5.02 Å². The maximum absolute atomic E-state index is 12.4. The molecule has 2 N–H and O–H groups in total. The predicted octanol–water partition coefficient (Wildman–Crippen LogP) is 4.89. The van der Waals surface area contributed by atoms with Crippen molar-refractivity contribution in [3.8, 4) is 0 Å². The molecule has 0 aromatic heterocycles. The predicted molar refractivity (Wildman–Crippen MR) is 98.7 cm³/mol. The molecule has 0 saturated heterocycles. The van der Waals surface area contributed by atoms with Crippen LogP contribution >= 0.6 is 11.6 Å². The molecule has 5 heteroatoms. The second kappa shape index (κ2) is 7.05. The second-order valence-corrected chi connectivity index (χ2v) is 7.06. The van der Waals surface area contributed by atoms with Crippen LogP contribution < -0.4 is 10.6 Å². The summed E-state index contributed by atoms with van der Waals surface area (Å²) in [5.74, 6) is -0.363. The van der Waals surface area contributed by atoms with E-state index in [1.54, 1.807) is 42.5 Å². The molecule has 24 heavy (non-hydrogen) atoms. The van der Waals surface area contributed by atoms with E-state index in [9.17, 15) is 9.59 Å². The number of benzene rings is 2. The third kappa shape index (κ3) is 4.36. The summed E-state index contributed by atoms with van der Waals surface area (Å²) in [4.78, 5) is 24.5. The molecule has 0 aliphatic rings. The lowest BCUT2D eigenvalue weighted by atomic mass is 9.95. The Morgan fingerprint density at radius 1 is 1.00 bits per heavy atom. The van der Waals surface area contributed by atoms with Crippen molar-refractivity contribution in [2.24, 2.45) is 5.41 Å². The van der Waals surface area contributed by atoms with Gasteiger partial charge in [-0.3, -0.25) is 9.59 Å². The molecule has 4 nitrogen and oxygen atoms in total. The Bertz CT molecular complexity index is 779. The normalized spacial score (nSPS) is 11.0. The highest BCUT2D eigenvalue weighted by molar-refractivity contribution is 6.31. The lowest BCUT2D eigenvalue weighted by molar-refractivity contribution is -0.123. The molecule has 0 atom stereocenters. The Labute approximate surface area is 147 Å². The zero-order valence-corrected chi connectivity index (χ0v) is 15.0. The standard InChI is InChI=1S/C19H21ClN2O2/c1-12-15(20)9-6-10-16(12)22-17(23)13-7-5-8-14(11-13)21-18(24)19(2,3)4/h5-11H,1-4H3,(H,21,24)(H,22,23). The summed E-state index contributed by atoms with van der Waals surface area (Å²) in [6.45, 7) is 7.35. The SMILES string of the molecule is Cc1c(Cl)cccc1NC(=O)c1cccc(NC(=O)C(C)(C)C)c1. The van der Waals surface area contributed by atoms with Crippen molar-refractivity contribution in [1.82, 2.24) is 0 Å². The van der Waals surface area contributed by atoms with E-state index in [4.69, 9.17) is 11.6 Å². The summed E-state index contributed by atoms with van der Waals surface area (Å²) in [5, 5.41) is 6.26.